The second kappa shape index (κ2) is 7.74. The van der Waals surface area contributed by atoms with E-state index in [9.17, 15) is 5.11 Å². The van der Waals surface area contributed by atoms with Gasteiger partial charge in [0.1, 0.15) is 5.75 Å². The molecule has 158 valence electrons. The third-order valence-electron chi connectivity index (χ3n) is 8.99. The number of benzene rings is 1. The van der Waals surface area contributed by atoms with Crippen molar-refractivity contribution in [3.63, 3.8) is 0 Å². The summed E-state index contributed by atoms with van der Waals surface area (Å²) in [5.41, 5.74) is 4.98. The summed E-state index contributed by atoms with van der Waals surface area (Å²) in [5, 5.41) is 9.87. The number of rotatable bonds is 4. The van der Waals surface area contributed by atoms with Gasteiger partial charge in [0.2, 0.25) is 0 Å². The van der Waals surface area contributed by atoms with Crippen molar-refractivity contribution >= 4 is 0 Å². The lowest BCUT2D eigenvalue weighted by Crippen LogP contribution is -2.40. The molecule has 0 unspecified atom stereocenters. The predicted octanol–water partition coefficient (Wildman–Crippen LogP) is 5.29. The molecule has 1 N–H and O–H groups in total. The van der Waals surface area contributed by atoms with Crippen molar-refractivity contribution in [2.24, 2.45) is 17.3 Å². The summed E-state index contributed by atoms with van der Waals surface area (Å²) >= 11 is 0. The second-order valence-electron chi connectivity index (χ2n) is 10.3. The van der Waals surface area contributed by atoms with Gasteiger partial charge in [-0.3, -0.25) is 0 Å². The van der Waals surface area contributed by atoms with E-state index in [1.54, 1.807) is 5.57 Å². The zero-order valence-corrected chi connectivity index (χ0v) is 18.2. The lowest BCUT2D eigenvalue weighted by Gasteiger charge is -2.49. The average Bonchev–Trinajstić information content (AvgIpc) is 3.27. The number of likely N-dealkylation sites (tertiary alicyclic amines) is 1. The summed E-state index contributed by atoms with van der Waals surface area (Å²) in [5.74, 6) is 2.75. The smallest absolute Gasteiger partial charge is 0.115 e. The molecule has 3 fully saturated rings. The number of likely N-dealkylation sites (N-methyl/N-ethyl adjacent to an activating group) is 1. The molecule has 5 atom stereocenters. The van der Waals surface area contributed by atoms with Crippen LogP contribution in [0.2, 0.25) is 0 Å². The molecule has 3 nitrogen and oxygen atoms in total. The van der Waals surface area contributed by atoms with E-state index in [0.29, 0.717) is 23.1 Å². The third-order valence-corrected chi connectivity index (χ3v) is 8.99. The summed E-state index contributed by atoms with van der Waals surface area (Å²) in [6.07, 6.45) is 12.7. The minimum atomic E-state index is 0.378. The monoisotopic (exact) mass is 395 g/mol. The highest BCUT2D eigenvalue weighted by atomic mass is 16.5. The Kier molecular flexibility index (Phi) is 5.24. The quantitative estimate of drug-likeness (QED) is 0.556. The molecule has 0 bridgehead atoms. The minimum absolute atomic E-state index is 0.378. The Labute approximate surface area is 176 Å². The van der Waals surface area contributed by atoms with Gasteiger partial charge in [-0.2, -0.15) is 0 Å². The van der Waals surface area contributed by atoms with Gasteiger partial charge < -0.3 is 14.7 Å². The summed E-state index contributed by atoms with van der Waals surface area (Å²) in [4.78, 5) is 2.45. The Bertz CT molecular complexity index is 787. The van der Waals surface area contributed by atoms with Crippen LogP contribution in [0, 0.1) is 17.3 Å². The Morgan fingerprint density at radius 3 is 2.93 bits per heavy atom. The number of nitrogens with zero attached hydrogens (tertiary/aromatic N) is 1. The van der Waals surface area contributed by atoms with Crippen molar-refractivity contribution in [1.29, 1.82) is 0 Å². The Morgan fingerprint density at radius 2 is 2.10 bits per heavy atom. The van der Waals surface area contributed by atoms with Crippen molar-refractivity contribution in [2.45, 2.75) is 70.3 Å². The van der Waals surface area contributed by atoms with Gasteiger partial charge in [0.25, 0.3) is 0 Å². The van der Waals surface area contributed by atoms with E-state index in [2.05, 4.69) is 31.0 Å². The highest BCUT2D eigenvalue weighted by Gasteiger charge is 2.52. The van der Waals surface area contributed by atoms with Crippen molar-refractivity contribution < 1.29 is 9.84 Å². The van der Waals surface area contributed by atoms with E-state index in [-0.39, 0.29) is 0 Å². The molecule has 1 aromatic carbocycles. The maximum atomic E-state index is 9.87. The number of aryl methyl sites for hydroxylation is 1. The summed E-state index contributed by atoms with van der Waals surface area (Å²) in [7, 11) is 2.23. The predicted molar refractivity (Wildman–Crippen MR) is 117 cm³/mol. The SMILES string of the molecule is CN1CCC[C@H]1COC/C=C1\CC[C@H]2[C@@H]3CCc4cc(O)ccc4[C@H]3CC[C@]12C. The van der Waals surface area contributed by atoms with Gasteiger partial charge in [-0.1, -0.05) is 24.6 Å². The van der Waals surface area contributed by atoms with E-state index >= 15 is 0 Å². The van der Waals surface area contributed by atoms with Crippen LogP contribution in [0.15, 0.2) is 29.8 Å². The number of phenolic OH excluding ortho intramolecular Hbond substituents is 1. The van der Waals surface area contributed by atoms with E-state index in [1.165, 1.54) is 62.6 Å². The van der Waals surface area contributed by atoms with Gasteiger partial charge >= 0.3 is 0 Å². The fourth-order valence-electron chi connectivity index (χ4n) is 7.31. The van der Waals surface area contributed by atoms with Crippen molar-refractivity contribution in [3.8, 4) is 5.75 Å². The molecule has 5 rings (SSSR count). The molecule has 4 aliphatic rings. The second-order valence-corrected chi connectivity index (χ2v) is 10.3. The van der Waals surface area contributed by atoms with Crippen LogP contribution >= 0.6 is 0 Å². The molecule has 1 aliphatic heterocycles. The van der Waals surface area contributed by atoms with Crippen LogP contribution in [0.4, 0.5) is 0 Å². The molecule has 0 amide bonds. The zero-order chi connectivity index (χ0) is 20.0. The molecule has 2 saturated carbocycles. The maximum absolute atomic E-state index is 9.87. The Balaban J connectivity index is 1.26. The summed E-state index contributed by atoms with van der Waals surface area (Å²) in [6.45, 7) is 5.44. The molecular formula is C26H37NO2. The first-order valence-corrected chi connectivity index (χ1v) is 11.9. The van der Waals surface area contributed by atoms with E-state index < -0.39 is 0 Å². The molecule has 0 radical (unpaired) electrons. The third kappa shape index (κ3) is 3.45. The first-order chi connectivity index (χ1) is 14.1. The van der Waals surface area contributed by atoms with Crippen LogP contribution in [0.5, 0.6) is 5.75 Å². The summed E-state index contributed by atoms with van der Waals surface area (Å²) < 4.78 is 6.10. The van der Waals surface area contributed by atoms with Gasteiger partial charge in [-0.05, 0) is 111 Å². The number of aromatic hydroxyl groups is 1. The van der Waals surface area contributed by atoms with Gasteiger partial charge in [-0.15, -0.1) is 0 Å². The lowest BCUT2D eigenvalue weighted by molar-refractivity contribution is 0.0789. The summed E-state index contributed by atoms with van der Waals surface area (Å²) in [6, 6.07) is 6.74. The first-order valence-electron chi connectivity index (χ1n) is 11.9. The maximum Gasteiger partial charge on any atom is 0.115 e. The van der Waals surface area contributed by atoms with Crippen LogP contribution in [-0.2, 0) is 11.2 Å². The van der Waals surface area contributed by atoms with Gasteiger partial charge in [0.05, 0.1) is 13.2 Å². The Morgan fingerprint density at radius 1 is 1.21 bits per heavy atom. The fraction of sp³-hybridized carbons (Fsp3) is 0.692. The molecule has 1 saturated heterocycles. The van der Waals surface area contributed by atoms with Crippen LogP contribution in [-0.4, -0.2) is 42.9 Å². The molecule has 29 heavy (non-hydrogen) atoms. The van der Waals surface area contributed by atoms with Crippen molar-refractivity contribution in [2.75, 3.05) is 26.8 Å². The van der Waals surface area contributed by atoms with Crippen LogP contribution in [0.25, 0.3) is 0 Å². The average molecular weight is 396 g/mol. The molecule has 1 heterocycles. The van der Waals surface area contributed by atoms with Crippen LogP contribution < -0.4 is 0 Å². The van der Waals surface area contributed by atoms with Gasteiger partial charge in [0.15, 0.2) is 0 Å². The number of phenols is 1. The van der Waals surface area contributed by atoms with Crippen LogP contribution in [0.1, 0.15) is 68.9 Å². The number of allylic oxidation sites excluding steroid dienone is 1. The number of hydrogen-bond donors (Lipinski definition) is 1. The highest BCUT2D eigenvalue weighted by Crippen LogP contribution is 2.62. The molecular weight excluding hydrogens is 358 g/mol. The molecule has 3 aliphatic carbocycles. The number of hydrogen-bond acceptors (Lipinski definition) is 3. The van der Waals surface area contributed by atoms with Gasteiger partial charge in [0, 0.05) is 6.04 Å². The van der Waals surface area contributed by atoms with Crippen molar-refractivity contribution in [3.05, 3.63) is 41.0 Å². The molecule has 0 spiro atoms. The number of fused-ring (bicyclic) bond motifs is 5. The topological polar surface area (TPSA) is 32.7 Å². The van der Waals surface area contributed by atoms with E-state index in [1.807, 2.05) is 12.1 Å². The fourth-order valence-corrected chi connectivity index (χ4v) is 7.31. The normalized spacial score (nSPS) is 38.1. The molecule has 0 aromatic heterocycles. The minimum Gasteiger partial charge on any atom is -0.508 e. The number of ether oxygens (including phenoxy) is 1. The molecule has 3 heteroatoms. The Hall–Kier alpha value is -1.32. The highest BCUT2D eigenvalue weighted by molar-refractivity contribution is 5.40. The standard InChI is InChI=1S/C26H37NO2/c1-26-13-11-23-22-9-7-21(28)16-18(22)5-8-24(23)25(26)10-6-19(26)12-15-29-17-20-4-3-14-27(20)2/h7,9,12,16,20,23-25,28H,3-6,8,10-11,13-15,17H2,1-2H3/b19-12+/t20-,23+,24+,25-,26+/m0/s1. The van der Waals surface area contributed by atoms with E-state index in [0.717, 1.165) is 31.5 Å². The zero-order valence-electron chi connectivity index (χ0n) is 18.2. The van der Waals surface area contributed by atoms with E-state index in [4.69, 9.17) is 4.74 Å². The van der Waals surface area contributed by atoms with Gasteiger partial charge in [-0.25, -0.2) is 0 Å². The molecule has 1 aromatic rings. The first kappa shape index (κ1) is 19.6. The lowest BCUT2D eigenvalue weighted by atomic mass is 9.55. The van der Waals surface area contributed by atoms with Crippen LogP contribution in [0.3, 0.4) is 0 Å². The van der Waals surface area contributed by atoms with Crippen molar-refractivity contribution in [1.82, 2.24) is 4.90 Å². The largest absolute Gasteiger partial charge is 0.508 e.